The van der Waals surface area contributed by atoms with Crippen molar-refractivity contribution in [2.45, 2.75) is 20.8 Å². The molecule has 0 saturated carbocycles. The predicted molar refractivity (Wildman–Crippen MR) is 93.4 cm³/mol. The summed E-state index contributed by atoms with van der Waals surface area (Å²) >= 11 is 0. The second-order valence-corrected chi connectivity index (χ2v) is 5.95. The summed E-state index contributed by atoms with van der Waals surface area (Å²) in [6.45, 7) is 11.6. The largest absolute Gasteiger partial charge is 0.353 e. The van der Waals surface area contributed by atoms with Crippen molar-refractivity contribution in [3.8, 4) is 0 Å². The summed E-state index contributed by atoms with van der Waals surface area (Å²) in [6, 6.07) is 6.21. The number of nitrogens with one attached hydrogen (secondary N) is 1. The van der Waals surface area contributed by atoms with Crippen LogP contribution in [0.1, 0.15) is 18.1 Å². The summed E-state index contributed by atoms with van der Waals surface area (Å²) in [5.41, 5.74) is 3.41. The van der Waals surface area contributed by atoms with Crippen LogP contribution >= 0.6 is 0 Å². The molecule has 0 unspecified atom stereocenters. The molecule has 1 fully saturated rings. The molecule has 1 aliphatic heterocycles. The van der Waals surface area contributed by atoms with Gasteiger partial charge in [-0.1, -0.05) is 25.1 Å². The number of hydrogen-bond acceptors (Lipinski definition) is 6. The van der Waals surface area contributed by atoms with Crippen LogP contribution in [0.3, 0.4) is 0 Å². The summed E-state index contributed by atoms with van der Waals surface area (Å²) in [5.74, 6) is 1.45. The van der Waals surface area contributed by atoms with E-state index in [1.54, 1.807) is 6.20 Å². The van der Waals surface area contributed by atoms with Gasteiger partial charge >= 0.3 is 0 Å². The Labute approximate surface area is 137 Å². The van der Waals surface area contributed by atoms with Crippen molar-refractivity contribution in [3.05, 3.63) is 35.5 Å². The number of aryl methyl sites for hydroxylation is 2. The van der Waals surface area contributed by atoms with E-state index in [0.717, 1.165) is 44.2 Å². The van der Waals surface area contributed by atoms with Crippen molar-refractivity contribution in [3.63, 3.8) is 0 Å². The van der Waals surface area contributed by atoms with Gasteiger partial charge in [0.2, 0.25) is 5.95 Å². The minimum absolute atomic E-state index is 0.554. The van der Waals surface area contributed by atoms with Gasteiger partial charge in [-0.05, 0) is 31.5 Å². The first-order valence-electron chi connectivity index (χ1n) is 8.17. The van der Waals surface area contributed by atoms with Gasteiger partial charge in [-0.3, -0.25) is 0 Å². The standard InChI is InChI=1S/C17H24N6/c1-4-22-8-10-23(11-9-22)15-12-18-21-17(19-15)20-16-13(2)6-5-7-14(16)3/h5-7,12H,4,8-11H2,1-3H3,(H,19,20,21). The third-order valence-electron chi connectivity index (χ3n) is 4.41. The molecule has 0 aliphatic carbocycles. The quantitative estimate of drug-likeness (QED) is 0.935. The van der Waals surface area contributed by atoms with Crippen molar-refractivity contribution in [1.29, 1.82) is 0 Å². The Morgan fingerprint density at radius 3 is 2.43 bits per heavy atom. The van der Waals surface area contributed by atoms with Crippen LogP contribution in [0.5, 0.6) is 0 Å². The number of nitrogens with zero attached hydrogens (tertiary/aromatic N) is 5. The maximum atomic E-state index is 4.65. The van der Waals surface area contributed by atoms with Crippen LogP contribution in [-0.2, 0) is 0 Å². The third-order valence-corrected chi connectivity index (χ3v) is 4.41. The first-order chi connectivity index (χ1) is 11.2. The van der Waals surface area contributed by atoms with Gasteiger partial charge in [0.05, 0.1) is 6.20 Å². The molecular weight excluding hydrogens is 288 g/mol. The number of anilines is 3. The van der Waals surface area contributed by atoms with Gasteiger partial charge in [0.1, 0.15) is 0 Å². The van der Waals surface area contributed by atoms with E-state index in [-0.39, 0.29) is 0 Å². The van der Waals surface area contributed by atoms with Crippen molar-refractivity contribution in [2.75, 3.05) is 42.9 Å². The number of hydrogen-bond donors (Lipinski definition) is 1. The molecule has 0 amide bonds. The van der Waals surface area contributed by atoms with Crippen LogP contribution in [-0.4, -0.2) is 52.8 Å². The summed E-state index contributed by atoms with van der Waals surface area (Å²) in [5, 5.41) is 11.6. The van der Waals surface area contributed by atoms with E-state index in [9.17, 15) is 0 Å². The minimum atomic E-state index is 0.554. The second-order valence-electron chi connectivity index (χ2n) is 5.95. The Morgan fingerprint density at radius 2 is 1.78 bits per heavy atom. The molecule has 1 aromatic heterocycles. The molecule has 23 heavy (non-hydrogen) atoms. The lowest BCUT2D eigenvalue weighted by Gasteiger charge is -2.34. The smallest absolute Gasteiger partial charge is 0.249 e. The monoisotopic (exact) mass is 312 g/mol. The van der Waals surface area contributed by atoms with Gasteiger partial charge in [-0.2, -0.15) is 10.1 Å². The number of likely N-dealkylation sites (N-methyl/N-ethyl adjacent to an activating group) is 1. The lowest BCUT2D eigenvalue weighted by molar-refractivity contribution is 0.270. The highest BCUT2D eigenvalue weighted by Gasteiger charge is 2.17. The van der Waals surface area contributed by atoms with E-state index in [4.69, 9.17) is 0 Å². The van der Waals surface area contributed by atoms with E-state index in [2.05, 4.69) is 69.3 Å². The van der Waals surface area contributed by atoms with E-state index in [1.165, 1.54) is 11.1 Å². The molecule has 2 aromatic rings. The van der Waals surface area contributed by atoms with Gasteiger partial charge in [-0.25, -0.2) is 0 Å². The highest BCUT2D eigenvalue weighted by molar-refractivity contribution is 5.63. The molecule has 0 bridgehead atoms. The Morgan fingerprint density at radius 1 is 1.09 bits per heavy atom. The van der Waals surface area contributed by atoms with Crippen molar-refractivity contribution < 1.29 is 0 Å². The van der Waals surface area contributed by atoms with Gasteiger partial charge in [0.25, 0.3) is 0 Å². The van der Waals surface area contributed by atoms with Gasteiger partial charge in [-0.15, -0.1) is 5.10 Å². The summed E-state index contributed by atoms with van der Waals surface area (Å²) in [4.78, 5) is 9.37. The van der Waals surface area contributed by atoms with Gasteiger partial charge in [0, 0.05) is 31.9 Å². The molecular formula is C17H24N6. The average molecular weight is 312 g/mol. The molecule has 0 radical (unpaired) electrons. The minimum Gasteiger partial charge on any atom is -0.353 e. The Hall–Kier alpha value is -2.21. The molecule has 2 heterocycles. The predicted octanol–water partition coefficient (Wildman–Crippen LogP) is 2.37. The lowest BCUT2D eigenvalue weighted by Crippen LogP contribution is -2.46. The van der Waals surface area contributed by atoms with Crippen LogP contribution in [0, 0.1) is 13.8 Å². The lowest BCUT2D eigenvalue weighted by atomic mass is 10.1. The van der Waals surface area contributed by atoms with E-state index in [0.29, 0.717) is 5.95 Å². The number of piperazine rings is 1. The second kappa shape index (κ2) is 6.91. The maximum Gasteiger partial charge on any atom is 0.249 e. The SMILES string of the molecule is CCN1CCN(c2cnnc(Nc3c(C)cccc3C)n2)CC1. The van der Waals surface area contributed by atoms with Crippen LogP contribution in [0.25, 0.3) is 0 Å². The number of rotatable bonds is 4. The number of benzene rings is 1. The molecule has 1 aromatic carbocycles. The summed E-state index contributed by atoms with van der Waals surface area (Å²) in [6.07, 6.45) is 1.75. The Balaban J connectivity index is 1.75. The van der Waals surface area contributed by atoms with E-state index >= 15 is 0 Å². The molecule has 1 N–H and O–H groups in total. The van der Waals surface area contributed by atoms with Crippen molar-refractivity contribution in [1.82, 2.24) is 20.1 Å². The van der Waals surface area contributed by atoms with Crippen LogP contribution in [0.2, 0.25) is 0 Å². The number of para-hydroxylation sites is 1. The highest BCUT2D eigenvalue weighted by atomic mass is 15.3. The zero-order valence-corrected chi connectivity index (χ0v) is 14.1. The Bertz CT molecular complexity index is 644. The fraction of sp³-hybridized carbons (Fsp3) is 0.471. The maximum absolute atomic E-state index is 4.65. The highest BCUT2D eigenvalue weighted by Crippen LogP contribution is 2.23. The summed E-state index contributed by atoms with van der Waals surface area (Å²) < 4.78 is 0. The normalized spacial score (nSPS) is 15.7. The molecule has 6 nitrogen and oxygen atoms in total. The molecule has 0 spiro atoms. The van der Waals surface area contributed by atoms with E-state index < -0.39 is 0 Å². The van der Waals surface area contributed by atoms with E-state index in [1.807, 2.05) is 0 Å². The number of aromatic nitrogens is 3. The van der Waals surface area contributed by atoms with Crippen molar-refractivity contribution in [2.24, 2.45) is 0 Å². The molecule has 0 atom stereocenters. The van der Waals surface area contributed by atoms with Crippen molar-refractivity contribution >= 4 is 17.5 Å². The topological polar surface area (TPSA) is 57.2 Å². The fourth-order valence-electron chi connectivity index (χ4n) is 2.92. The molecule has 1 aliphatic rings. The van der Waals surface area contributed by atoms with Crippen LogP contribution in [0.4, 0.5) is 17.5 Å². The summed E-state index contributed by atoms with van der Waals surface area (Å²) in [7, 11) is 0. The fourth-order valence-corrected chi connectivity index (χ4v) is 2.92. The molecule has 1 saturated heterocycles. The van der Waals surface area contributed by atoms with Gasteiger partial charge in [0.15, 0.2) is 5.82 Å². The molecule has 3 rings (SSSR count). The van der Waals surface area contributed by atoms with Crippen LogP contribution in [0.15, 0.2) is 24.4 Å². The molecule has 6 heteroatoms. The zero-order chi connectivity index (χ0) is 16.2. The first-order valence-corrected chi connectivity index (χ1v) is 8.17. The van der Waals surface area contributed by atoms with Crippen LogP contribution < -0.4 is 10.2 Å². The average Bonchev–Trinajstić information content (AvgIpc) is 2.59. The zero-order valence-electron chi connectivity index (χ0n) is 14.1. The first kappa shape index (κ1) is 15.7. The molecule has 122 valence electrons. The van der Waals surface area contributed by atoms with Gasteiger partial charge < -0.3 is 15.1 Å². The third kappa shape index (κ3) is 3.59. The Kier molecular flexibility index (Phi) is 4.71.